The van der Waals surface area contributed by atoms with E-state index in [1.807, 2.05) is 31.2 Å². The van der Waals surface area contributed by atoms with Gasteiger partial charge in [-0.25, -0.2) is 0 Å². The number of halogens is 1. The van der Waals surface area contributed by atoms with E-state index in [0.717, 1.165) is 4.90 Å². The average molecular weight is 441 g/mol. The van der Waals surface area contributed by atoms with Crippen LogP contribution in [0.5, 0.6) is 5.75 Å². The molecule has 2 amide bonds. The van der Waals surface area contributed by atoms with Crippen LogP contribution in [0.2, 0.25) is 5.02 Å². The van der Waals surface area contributed by atoms with Gasteiger partial charge in [0.15, 0.2) is 0 Å². The number of hydrogen-bond donors (Lipinski definition) is 2. The van der Waals surface area contributed by atoms with Crippen LogP contribution in [-0.2, 0) is 4.79 Å². The molecule has 0 radical (unpaired) electrons. The highest BCUT2D eigenvalue weighted by Crippen LogP contribution is 2.26. The van der Waals surface area contributed by atoms with Gasteiger partial charge < -0.3 is 15.4 Å². The molecule has 0 aliphatic rings. The van der Waals surface area contributed by atoms with Crippen LogP contribution >= 0.6 is 23.4 Å². The van der Waals surface area contributed by atoms with Crippen LogP contribution in [-0.4, -0.2) is 24.2 Å². The van der Waals surface area contributed by atoms with Crippen molar-refractivity contribution in [3.63, 3.8) is 0 Å². The van der Waals surface area contributed by atoms with Crippen molar-refractivity contribution in [2.75, 3.05) is 17.7 Å². The Morgan fingerprint density at radius 3 is 2.03 bits per heavy atom. The predicted octanol–water partition coefficient (Wildman–Crippen LogP) is 5.72. The van der Waals surface area contributed by atoms with Crippen molar-refractivity contribution in [2.24, 2.45) is 0 Å². The number of nitrogens with one attached hydrogen (secondary N) is 2. The van der Waals surface area contributed by atoms with Crippen LogP contribution in [0.1, 0.15) is 17.3 Å². The lowest BCUT2D eigenvalue weighted by Crippen LogP contribution is -2.22. The number of anilines is 2. The Hall–Kier alpha value is -2.96. The van der Waals surface area contributed by atoms with E-state index >= 15 is 0 Å². The van der Waals surface area contributed by atoms with Gasteiger partial charge in [-0.15, -0.1) is 11.8 Å². The third-order valence-corrected chi connectivity index (χ3v) is 5.62. The van der Waals surface area contributed by atoms with E-state index in [4.69, 9.17) is 16.3 Å². The van der Waals surface area contributed by atoms with Crippen LogP contribution in [0.4, 0.5) is 11.4 Å². The van der Waals surface area contributed by atoms with Gasteiger partial charge in [0.1, 0.15) is 5.75 Å². The maximum absolute atomic E-state index is 12.4. The second kappa shape index (κ2) is 10.2. The van der Waals surface area contributed by atoms with Crippen molar-refractivity contribution in [1.82, 2.24) is 0 Å². The van der Waals surface area contributed by atoms with Gasteiger partial charge in [-0.3, -0.25) is 9.59 Å². The summed E-state index contributed by atoms with van der Waals surface area (Å²) >= 11 is 7.30. The number of benzene rings is 3. The Labute approximate surface area is 184 Å². The number of hydrogen-bond acceptors (Lipinski definition) is 4. The third kappa shape index (κ3) is 6.02. The standard InChI is InChI=1S/C23H21ClN2O3S/c1-15(22(27)25-18-7-5-17(24)6-8-18)30-21-13-9-19(10-14-21)26-23(28)16-3-11-20(29-2)12-4-16/h3-15H,1-2H3,(H,25,27)(H,26,28). The third-order valence-electron chi connectivity index (χ3n) is 4.26. The van der Waals surface area contributed by atoms with E-state index in [1.54, 1.807) is 55.6 Å². The molecule has 3 aromatic carbocycles. The molecule has 5 nitrogen and oxygen atoms in total. The molecule has 154 valence electrons. The first-order valence-electron chi connectivity index (χ1n) is 9.23. The fourth-order valence-electron chi connectivity index (χ4n) is 2.60. The van der Waals surface area contributed by atoms with Gasteiger partial charge >= 0.3 is 0 Å². The van der Waals surface area contributed by atoms with Gasteiger partial charge in [0, 0.05) is 26.9 Å². The molecule has 0 aliphatic carbocycles. The Kier molecular flexibility index (Phi) is 7.38. The van der Waals surface area contributed by atoms with Crippen LogP contribution in [0.25, 0.3) is 0 Å². The Bertz CT molecular complexity index is 1010. The quantitative estimate of drug-likeness (QED) is 0.461. The summed E-state index contributed by atoms with van der Waals surface area (Å²) in [5, 5.41) is 6.05. The molecule has 0 saturated heterocycles. The van der Waals surface area contributed by atoms with Gasteiger partial charge in [0.2, 0.25) is 5.91 Å². The minimum absolute atomic E-state index is 0.0980. The average Bonchev–Trinajstić information content (AvgIpc) is 2.76. The molecule has 0 fully saturated rings. The largest absolute Gasteiger partial charge is 0.497 e. The second-order valence-electron chi connectivity index (χ2n) is 6.46. The highest BCUT2D eigenvalue weighted by Gasteiger charge is 2.15. The number of rotatable bonds is 7. The Morgan fingerprint density at radius 1 is 0.867 bits per heavy atom. The van der Waals surface area contributed by atoms with Crippen molar-refractivity contribution in [3.05, 3.63) is 83.4 Å². The minimum atomic E-state index is -0.291. The first-order valence-corrected chi connectivity index (χ1v) is 10.5. The summed E-state index contributed by atoms with van der Waals surface area (Å²) in [5.74, 6) is 0.398. The van der Waals surface area contributed by atoms with Crippen LogP contribution < -0.4 is 15.4 Å². The summed E-state index contributed by atoms with van der Waals surface area (Å²) in [7, 11) is 1.58. The van der Waals surface area contributed by atoms with Gasteiger partial charge in [-0.1, -0.05) is 11.6 Å². The second-order valence-corrected chi connectivity index (χ2v) is 8.31. The molecule has 0 saturated carbocycles. The van der Waals surface area contributed by atoms with Crippen LogP contribution in [0, 0.1) is 0 Å². The predicted molar refractivity (Wildman–Crippen MR) is 123 cm³/mol. The molecule has 2 N–H and O–H groups in total. The fourth-order valence-corrected chi connectivity index (χ4v) is 3.59. The van der Waals surface area contributed by atoms with Gasteiger partial charge in [-0.2, -0.15) is 0 Å². The zero-order valence-corrected chi connectivity index (χ0v) is 18.1. The molecule has 3 rings (SSSR count). The van der Waals surface area contributed by atoms with Crippen molar-refractivity contribution >= 4 is 46.6 Å². The number of methoxy groups -OCH3 is 1. The maximum atomic E-state index is 12.4. The van der Waals surface area contributed by atoms with E-state index in [0.29, 0.717) is 27.7 Å². The Morgan fingerprint density at radius 2 is 1.43 bits per heavy atom. The molecular formula is C23H21ClN2O3S. The van der Waals surface area contributed by atoms with Crippen molar-refractivity contribution in [1.29, 1.82) is 0 Å². The lowest BCUT2D eigenvalue weighted by Gasteiger charge is -2.13. The highest BCUT2D eigenvalue weighted by molar-refractivity contribution is 8.00. The zero-order chi connectivity index (χ0) is 21.5. The number of carbonyl (C=O) groups is 2. The molecule has 3 aromatic rings. The smallest absolute Gasteiger partial charge is 0.255 e. The number of amides is 2. The van der Waals surface area contributed by atoms with E-state index < -0.39 is 0 Å². The summed E-state index contributed by atoms with van der Waals surface area (Å²) in [6.45, 7) is 1.84. The lowest BCUT2D eigenvalue weighted by molar-refractivity contribution is -0.115. The molecule has 7 heteroatoms. The number of ether oxygens (including phenoxy) is 1. The van der Waals surface area contributed by atoms with Gasteiger partial charge in [-0.05, 0) is 79.7 Å². The van der Waals surface area contributed by atoms with E-state index in [2.05, 4.69) is 10.6 Å². The molecule has 0 heterocycles. The molecular weight excluding hydrogens is 420 g/mol. The van der Waals surface area contributed by atoms with Gasteiger partial charge in [0.05, 0.1) is 12.4 Å². The normalized spacial score (nSPS) is 11.4. The molecule has 0 aliphatic heterocycles. The van der Waals surface area contributed by atoms with Crippen LogP contribution in [0.15, 0.2) is 77.7 Å². The van der Waals surface area contributed by atoms with Crippen molar-refractivity contribution < 1.29 is 14.3 Å². The van der Waals surface area contributed by atoms with Crippen LogP contribution in [0.3, 0.4) is 0 Å². The summed E-state index contributed by atoms with van der Waals surface area (Å²) in [5.41, 5.74) is 1.92. The van der Waals surface area contributed by atoms with E-state index in [9.17, 15) is 9.59 Å². The molecule has 1 atom stereocenters. The summed E-state index contributed by atoms with van der Waals surface area (Å²) in [6, 6.07) is 21.3. The monoisotopic (exact) mass is 440 g/mol. The number of carbonyl (C=O) groups excluding carboxylic acids is 2. The fraction of sp³-hybridized carbons (Fsp3) is 0.130. The van der Waals surface area contributed by atoms with E-state index in [1.165, 1.54) is 11.8 Å². The molecule has 0 spiro atoms. The highest BCUT2D eigenvalue weighted by atomic mass is 35.5. The molecule has 30 heavy (non-hydrogen) atoms. The first-order chi connectivity index (χ1) is 14.4. The molecule has 0 aromatic heterocycles. The first kappa shape index (κ1) is 21.7. The lowest BCUT2D eigenvalue weighted by atomic mass is 10.2. The van der Waals surface area contributed by atoms with Crippen molar-refractivity contribution in [2.45, 2.75) is 17.1 Å². The maximum Gasteiger partial charge on any atom is 0.255 e. The number of thioether (sulfide) groups is 1. The molecule has 0 bridgehead atoms. The van der Waals surface area contributed by atoms with E-state index in [-0.39, 0.29) is 17.1 Å². The topological polar surface area (TPSA) is 67.4 Å². The summed E-state index contributed by atoms with van der Waals surface area (Å²) < 4.78 is 5.10. The van der Waals surface area contributed by atoms with Gasteiger partial charge in [0.25, 0.3) is 5.91 Å². The summed E-state index contributed by atoms with van der Waals surface area (Å²) in [6.07, 6.45) is 0. The minimum Gasteiger partial charge on any atom is -0.497 e. The SMILES string of the molecule is COc1ccc(C(=O)Nc2ccc(SC(C)C(=O)Nc3ccc(Cl)cc3)cc2)cc1. The van der Waals surface area contributed by atoms with Crippen molar-refractivity contribution in [3.8, 4) is 5.75 Å². The zero-order valence-electron chi connectivity index (χ0n) is 16.5. The summed E-state index contributed by atoms with van der Waals surface area (Å²) in [4.78, 5) is 25.7. The molecule has 1 unspecified atom stereocenters. The Balaban J connectivity index is 1.54.